The number of non-ortho nitro benzene ring substituents is 1. The predicted octanol–water partition coefficient (Wildman–Crippen LogP) is 3.15. The van der Waals surface area contributed by atoms with Gasteiger partial charge in [-0.2, -0.15) is 5.10 Å². The van der Waals surface area contributed by atoms with Gasteiger partial charge in [0.1, 0.15) is 11.5 Å². The molecule has 2 aromatic rings. The molecule has 0 aliphatic rings. The van der Waals surface area contributed by atoms with E-state index in [2.05, 4.69) is 10.5 Å². The zero-order valence-corrected chi connectivity index (χ0v) is 11.9. The largest absolute Gasteiger partial charge is 0.507 e. The van der Waals surface area contributed by atoms with Crippen LogP contribution in [-0.4, -0.2) is 22.9 Å². The molecule has 2 N–H and O–H groups in total. The van der Waals surface area contributed by atoms with E-state index in [-0.39, 0.29) is 17.0 Å². The number of phenolic OH excluding ortho intramolecular Hbond substituents is 1. The Morgan fingerprint density at radius 1 is 1.32 bits per heavy atom. The average molecular weight is 301 g/mol. The number of phenols is 1. The number of hydrogen-bond donors (Lipinski definition) is 2. The number of benzene rings is 2. The molecule has 0 saturated heterocycles. The summed E-state index contributed by atoms with van der Waals surface area (Å²) in [6.45, 7) is 2.50. The minimum atomic E-state index is -0.531. The highest BCUT2D eigenvalue weighted by atomic mass is 16.6. The first-order valence-electron chi connectivity index (χ1n) is 6.59. The molecule has 0 atom stereocenters. The Morgan fingerprint density at radius 2 is 2.05 bits per heavy atom. The van der Waals surface area contributed by atoms with E-state index in [9.17, 15) is 15.2 Å². The Balaban J connectivity index is 2.06. The molecule has 0 spiro atoms. The lowest BCUT2D eigenvalue weighted by atomic mass is 10.2. The van der Waals surface area contributed by atoms with E-state index < -0.39 is 4.92 Å². The summed E-state index contributed by atoms with van der Waals surface area (Å²) in [5, 5.41) is 24.3. The summed E-state index contributed by atoms with van der Waals surface area (Å²) in [5.74, 6) is 0.677. The minimum absolute atomic E-state index is 0.0807. The van der Waals surface area contributed by atoms with Crippen molar-refractivity contribution in [1.29, 1.82) is 0 Å². The fraction of sp³-hybridized carbons (Fsp3) is 0.133. The molecule has 2 rings (SSSR count). The van der Waals surface area contributed by atoms with Crippen LogP contribution in [0.3, 0.4) is 0 Å². The first-order valence-corrected chi connectivity index (χ1v) is 6.59. The number of nitrogens with zero attached hydrogens (tertiary/aromatic N) is 2. The molecular formula is C15H15N3O4. The first-order chi connectivity index (χ1) is 10.6. The number of ether oxygens (including phenoxy) is 1. The fourth-order valence-electron chi connectivity index (χ4n) is 1.73. The number of rotatable bonds is 6. The molecule has 0 aliphatic carbocycles. The van der Waals surface area contributed by atoms with Gasteiger partial charge in [0.25, 0.3) is 5.69 Å². The fourth-order valence-corrected chi connectivity index (χ4v) is 1.73. The molecule has 0 bridgehead atoms. The standard InChI is InChI=1S/C15H15N3O4/c1-2-22-14-6-3-12(4-7-14)17-16-10-11-9-13(18(20)21)5-8-15(11)19/h3-10,17,19H,2H2,1H3. The Hall–Kier alpha value is -3.09. The summed E-state index contributed by atoms with van der Waals surface area (Å²) in [4.78, 5) is 10.2. The van der Waals surface area contributed by atoms with Crippen molar-refractivity contribution in [3.63, 3.8) is 0 Å². The van der Waals surface area contributed by atoms with Gasteiger partial charge in [-0.15, -0.1) is 0 Å². The summed E-state index contributed by atoms with van der Waals surface area (Å²) in [6.07, 6.45) is 1.32. The van der Waals surface area contributed by atoms with Gasteiger partial charge in [0, 0.05) is 17.7 Å². The van der Waals surface area contributed by atoms with Crippen LogP contribution in [0, 0.1) is 10.1 Å². The third-order valence-electron chi connectivity index (χ3n) is 2.78. The van der Waals surface area contributed by atoms with Crippen molar-refractivity contribution in [1.82, 2.24) is 0 Å². The van der Waals surface area contributed by atoms with Crippen LogP contribution in [0.2, 0.25) is 0 Å². The van der Waals surface area contributed by atoms with Crippen molar-refractivity contribution in [3.05, 3.63) is 58.1 Å². The average Bonchev–Trinajstić information content (AvgIpc) is 2.51. The van der Waals surface area contributed by atoms with E-state index in [0.717, 1.165) is 11.4 Å². The molecule has 0 aromatic heterocycles. The lowest BCUT2D eigenvalue weighted by Gasteiger charge is -2.04. The number of hydrogen-bond acceptors (Lipinski definition) is 6. The van der Waals surface area contributed by atoms with Crippen LogP contribution in [0.1, 0.15) is 12.5 Å². The summed E-state index contributed by atoms with van der Waals surface area (Å²) in [6, 6.07) is 10.9. The van der Waals surface area contributed by atoms with Crippen LogP contribution in [0.15, 0.2) is 47.6 Å². The second-order valence-electron chi connectivity index (χ2n) is 4.33. The lowest BCUT2D eigenvalue weighted by molar-refractivity contribution is -0.384. The topological polar surface area (TPSA) is 97.0 Å². The van der Waals surface area contributed by atoms with E-state index >= 15 is 0 Å². The highest BCUT2D eigenvalue weighted by molar-refractivity contribution is 5.84. The van der Waals surface area contributed by atoms with Crippen molar-refractivity contribution in [2.45, 2.75) is 6.92 Å². The SMILES string of the molecule is CCOc1ccc(NN=Cc2cc([N+](=O)[O-])ccc2O)cc1. The molecular weight excluding hydrogens is 286 g/mol. The third kappa shape index (κ3) is 3.95. The summed E-state index contributed by atoms with van der Waals surface area (Å²) in [5.41, 5.74) is 3.64. The van der Waals surface area contributed by atoms with Crippen molar-refractivity contribution in [3.8, 4) is 11.5 Å². The molecule has 0 aliphatic heterocycles. The highest BCUT2D eigenvalue weighted by Crippen LogP contribution is 2.21. The number of aromatic hydroxyl groups is 1. The molecule has 2 aromatic carbocycles. The number of nitro benzene ring substituents is 1. The number of nitrogens with one attached hydrogen (secondary N) is 1. The zero-order valence-electron chi connectivity index (χ0n) is 11.9. The monoisotopic (exact) mass is 301 g/mol. The molecule has 0 saturated carbocycles. The summed E-state index contributed by atoms with van der Waals surface area (Å²) >= 11 is 0. The molecule has 0 heterocycles. The highest BCUT2D eigenvalue weighted by Gasteiger charge is 2.08. The van der Waals surface area contributed by atoms with Gasteiger partial charge in [0.15, 0.2) is 0 Å². The predicted molar refractivity (Wildman–Crippen MR) is 83.6 cm³/mol. The lowest BCUT2D eigenvalue weighted by Crippen LogP contribution is -1.94. The minimum Gasteiger partial charge on any atom is -0.507 e. The second kappa shape index (κ2) is 7.07. The van der Waals surface area contributed by atoms with Crippen molar-refractivity contribution in [2.75, 3.05) is 12.0 Å². The molecule has 0 unspecified atom stereocenters. The number of hydrazone groups is 1. The van der Waals surface area contributed by atoms with Crippen molar-refractivity contribution >= 4 is 17.6 Å². The Labute approximate surface area is 127 Å². The van der Waals surface area contributed by atoms with Crippen molar-refractivity contribution < 1.29 is 14.8 Å². The van der Waals surface area contributed by atoms with E-state index in [0.29, 0.717) is 6.61 Å². The van der Waals surface area contributed by atoms with Gasteiger partial charge in [-0.05, 0) is 37.3 Å². The van der Waals surface area contributed by atoms with Gasteiger partial charge in [0.2, 0.25) is 0 Å². The molecule has 7 heteroatoms. The Kier molecular flexibility index (Phi) is 4.92. The van der Waals surface area contributed by atoms with Gasteiger partial charge in [-0.1, -0.05) is 0 Å². The van der Waals surface area contributed by atoms with E-state index in [1.165, 1.54) is 24.4 Å². The van der Waals surface area contributed by atoms with Gasteiger partial charge < -0.3 is 9.84 Å². The first kappa shape index (κ1) is 15.3. The Bertz CT molecular complexity index is 684. The van der Waals surface area contributed by atoms with Gasteiger partial charge in [0.05, 0.1) is 23.4 Å². The van der Waals surface area contributed by atoms with Crippen LogP contribution in [0.25, 0.3) is 0 Å². The maximum atomic E-state index is 10.7. The maximum Gasteiger partial charge on any atom is 0.270 e. The third-order valence-corrected chi connectivity index (χ3v) is 2.78. The van der Waals surface area contributed by atoms with E-state index in [1.807, 2.05) is 6.92 Å². The second-order valence-corrected chi connectivity index (χ2v) is 4.33. The van der Waals surface area contributed by atoms with Crippen LogP contribution < -0.4 is 10.2 Å². The van der Waals surface area contributed by atoms with Crippen LogP contribution in [0.5, 0.6) is 11.5 Å². The number of nitro groups is 1. The summed E-state index contributed by atoms with van der Waals surface area (Å²) in [7, 11) is 0. The normalized spacial score (nSPS) is 10.6. The van der Waals surface area contributed by atoms with Crippen LogP contribution >= 0.6 is 0 Å². The maximum absolute atomic E-state index is 10.7. The smallest absolute Gasteiger partial charge is 0.270 e. The van der Waals surface area contributed by atoms with Crippen molar-refractivity contribution in [2.24, 2.45) is 5.10 Å². The molecule has 0 radical (unpaired) electrons. The zero-order chi connectivity index (χ0) is 15.9. The molecule has 114 valence electrons. The summed E-state index contributed by atoms with van der Waals surface area (Å²) < 4.78 is 5.32. The van der Waals surface area contributed by atoms with E-state index in [1.54, 1.807) is 24.3 Å². The number of anilines is 1. The Morgan fingerprint density at radius 3 is 2.68 bits per heavy atom. The van der Waals surface area contributed by atoms with Gasteiger partial charge >= 0.3 is 0 Å². The molecule has 7 nitrogen and oxygen atoms in total. The van der Waals surface area contributed by atoms with Crippen LogP contribution in [0.4, 0.5) is 11.4 Å². The van der Waals surface area contributed by atoms with Gasteiger partial charge in [-0.3, -0.25) is 15.5 Å². The van der Waals surface area contributed by atoms with E-state index in [4.69, 9.17) is 4.74 Å². The quantitative estimate of drug-likeness (QED) is 0.485. The van der Waals surface area contributed by atoms with Gasteiger partial charge in [-0.25, -0.2) is 0 Å². The molecule has 22 heavy (non-hydrogen) atoms. The molecule has 0 fully saturated rings. The van der Waals surface area contributed by atoms with Crippen LogP contribution in [-0.2, 0) is 0 Å². The molecule has 0 amide bonds.